The van der Waals surface area contributed by atoms with Gasteiger partial charge in [-0.1, -0.05) is 25.1 Å². The fourth-order valence-corrected chi connectivity index (χ4v) is 2.24. The van der Waals surface area contributed by atoms with Gasteiger partial charge < -0.3 is 19.0 Å². The van der Waals surface area contributed by atoms with Crippen LogP contribution in [0.25, 0.3) is 11.0 Å². The Morgan fingerprint density at radius 2 is 2.00 bits per heavy atom. The molecule has 130 valence electrons. The Balaban J connectivity index is 2.40. The summed E-state index contributed by atoms with van der Waals surface area (Å²) in [4.78, 5) is 12.1. The lowest BCUT2D eigenvalue weighted by atomic mass is 10.1. The van der Waals surface area contributed by atoms with Gasteiger partial charge in [-0.15, -0.1) is 0 Å². The summed E-state index contributed by atoms with van der Waals surface area (Å²) in [6.07, 6.45) is 5.57. The third-order valence-corrected chi connectivity index (χ3v) is 3.18. The quantitative estimate of drug-likeness (QED) is 0.482. The first-order chi connectivity index (χ1) is 11.3. The number of rotatable bonds is 6. The first kappa shape index (κ1) is 17.9. The lowest BCUT2D eigenvalue weighted by Gasteiger charge is -2.22. The highest BCUT2D eigenvalue weighted by molar-refractivity contribution is 5.91. The maximum atomic E-state index is 12.1. The smallest absolute Gasteiger partial charge is 0.383 e. The SMILES string of the molecule is CCC=CCCOc1c(O)c2c(OC(C)(C)C)cccc2oc1=O. The van der Waals surface area contributed by atoms with E-state index in [-0.39, 0.29) is 23.7 Å². The number of ether oxygens (including phenoxy) is 2. The molecule has 5 nitrogen and oxygen atoms in total. The van der Waals surface area contributed by atoms with E-state index in [0.29, 0.717) is 17.6 Å². The summed E-state index contributed by atoms with van der Waals surface area (Å²) >= 11 is 0. The second-order valence-electron chi connectivity index (χ2n) is 6.43. The van der Waals surface area contributed by atoms with Crippen LogP contribution < -0.4 is 15.1 Å². The summed E-state index contributed by atoms with van der Waals surface area (Å²) < 4.78 is 16.6. The molecule has 0 radical (unpaired) electrons. The van der Waals surface area contributed by atoms with E-state index < -0.39 is 11.2 Å². The lowest BCUT2D eigenvalue weighted by Crippen LogP contribution is -2.23. The minimum atomic E-state index is -0.702. The highest BCUT2D eigenvalue weighted by Gasteiger charge is 2.21. The number of fused-ring (bicyclic) bond motifs is 1. The predicted octanol–water partition coefficient (Wildman–Crippen LogP) is 4.41. The molecule has 0 unspecified atom stereocenters. The van der Waals surface area contributed by atoms with Crippen LogP contribution in [-0.4, -0.2) is 17.3 Å². The van der Waals surface area contributed by atoms with Crippen molar-refractivity contribution in [1.29, 1.82) is 0 Å². The highest BCUT2D eigenvalue weighted by Crippen LogP contribution is 2.38. The van der Waals surface area contributed by atoms with E-state index in [2.05, 4.69) is 0 Å². The Hall–Kier alpha value is -2.43. The average Bonchev–Trinajstić information content (AvgIpc) is 2.48. The van der Waals surface area contributed by atoms with Crippen LogP contribution in [0.15, 0.2) is 39.6 Å². The molecule has 0 saturated carbocycles. The van der Waals surface area contributed by atoms with E-state index in [1.165, 1.54) is 0 Å². The van der Waals surface area contributed by atoms with Crippen molar-refractivity contribution in [3.63, 3.8) is 0 Å². The maximum Gasteiger partial charge on any atom is 0.383 e. The van der Waals surface area contributed by atoms with Crippen LogP contribution in [0.3, 0.4) is 0 Å². The van der Waals surface area contributed by atoms with Crippen molar-refractivity contribution in [2.24, 2.45) is 0 Å². The summed E-state index contributed by atoms with van der Waals surface area (Å²) in [5, 5.41) is 10.9. The van der Waals surface area contributed by atoms with Crippen molar-refractivity contribution in [1.82, 2.24) is 0 Å². The summed E-state index contributed by atoms with van der Waals surface area (Å²) in [5.74, 6) is 0.00917. The van der Waals surface area contributed by atoms with Crippen LogP contribution in [0, 0.1) is 0 Å². The molecule has 1 N–H and O–H groups in total. The van der Waals surface area contributed by atoms with E-state index in [1.807, 2.05) is 39.8 Å². The van der Waals surface area contributed by atoms with Gasteiger partial charge >= 0.3 is 5.63 Å². The third-order valence-electron chi connectivity index (χ3n) is 3.18. The molecule has 0 aliphatic heterocycles. The Morgan fingerprint density at radius 1 is 1.25 bits per heavy atom. The van der Waals surface area contributed by atoms with Gasteiger partial charge in [-0.25, -0.2) is 4.79 Å². The number of allylic oxidation sites excluding steroid dienone is 1. The van der Waals surface area contributed by atoms with Crippen molar-refractivity contribution < 1.29 is 19.0 Å². The largest absolute Gasteiger partial charge is 0.503 e. The zero-order chi connectivity index (χ0) is 17.7. The molecule has 0 aliphatic carbocycles. The summed E-state index contributed by atoms with van der Waals surface area (Å²) in [5.41, 5.74) is -0.895. The molecule has 2 rings (SSSR count). The fourth-order valence-electron chi connectivity index (χ4n) is 2.24. The Morgan fingerprint density at radius 3 is 2.67 bits per heavy atom. The van der Waals surface area contributed by atoms with Gasteiger partial charge in [-0.2, -0.15) is 0 Å². The zero-order valence-corrected chi connectivity index (χ0v) is 14.6. The summed E-state index contributed by atoms with van der Waals surface area (Å²) in [7, 11) is 0. The predicted molar refractivity (Wildman–Crippen MR) is 94.1 cm³/mol. The standard InChI is InChI=1S/C19H24O5/c1-5-6-7-8-12-22-17-16(20)15-13(23-18(17)21)10-9-11-14(15)24-19(2,3)4/h6-7,9-11,20H,5,8,12H2,1-4H3. The highest BCUT2D eigenvalue weighted by atomic mass is 16.5. The molecule has 0 bridgehead atoms. The molecular formula is C19H24O5. The molecule has 5 heteroatoms. The Bertz CT molecular complexity index is 781. The van der Waals surface area contributed by atoms with Crippen molar-refractivity contribution in [3.05, 3.63) is 40.8 Å². The number of hydrogen-bond acceptors (Lipinski definition) is 5. The molecule has 0 aliphatic rings. The van der Waals surface area contributed by atoms with E-state index >= 15 is 0 Å². The van der Waals surface area contributed by atoms with Gasteiger partial charge in [0.15, 0.2) is 5.75 Å². The Kier molecular flexibility index (Phi) is 5.54. The van der Waals surface area contributed by atoms with Crippen molar-refractivity contribution in [2.45, 2.75) is 46.1 Å². The van der Waals surface area contributed by atoms with Gasteiger partial charge in [0, 0.05) is 0 Å². The molecule has 1 heterocycles. The molecule has 0 atom stereocenters. The normalized spacial score (nSPS) is 12.0. The Labute approximate surface area is 141 Å². The van der Waals surface area contributed by atoms with Crippen LogP contribution in [0.4, 0.5) is 0 Å². The van der Waals surface area contributed by atoms with Crippen LogP contribution >= 0.6 is 0 Å². The van der Waals surface area contributed by atoms with E-state index in [0.717, 1.165) is 6.42 Å². The zero-order valence-electron chi connectivity index (χ0n) is 14.6. The van der Waals surface area contributed by atoms with Crippen LogP contribution in [0.1, 0.15) is 40.5 Å². The second kappa shape index (κ2) is 7.43. The second-order valence-corrected chi connectivity index (χ2v) is 6.43. The van der Waals surface area contributed by atoms with Crippen LogP contribution in [-0.2, 0) is 0 Å². The number of benzene rings is 1. The maximum absolute atomic E-state index is 12.1. The molecular weight excluding hydrogens is 308 g/mol. The summed E-state index contributed by atoms with van der Waals surface area (Å²) in [6.45, 7) is 8.03. The van der Waals surface area contributed by atoms with Crippen molar-refractivity contribution in [3.8, 4) is 17.2 Å². The van der Waals surface area contributed by atoms with Crippen LogP contribution in [0.5, 0.6) is 17.2 Å². The molecule has 1 aromatic heterocycles. The topological polar surface area (TPSA) is 68.9 Å². The van der Waals surface area contributed by atoms with Gasteiger partial charge in [-0.3, -0.25) is 0 Å². The molecule has 0 fully saturated rings. The third kappa shape index (κ3) is 4.31. The minimum absolute atomic E-state index is 0.183. The first-order valence-electron chi connectivity index (χ1n) is 8.09. The molecule has 0 spiro atoms. The number of aromatic hydroxyl groups is 1. The molecule has 1 aromatic carbocycles. The average molecular weight is 332 g/mol. The van der Waals surface area contributed by atoms with Gasteiger partial charge in [0.1, 0.15) is 22.3 Å². The van der Waals surface area contributed by atoms with Gasteiger partial charge in [0.2, 0.25) is 5.75 Å². The molecule has 2 aromatic rings. The molecule has 24 heavy (non-hydrogen) atoms. The van der Waals surface area contributed by atoms with Crippen molar-refractivity contribution >= 4 is 11.0 Å². The van der Waals surface area contributed by atoms with Crippen LogP contribution in [0.2, 0.25) is 0 Å². The van der Waals surface area contributed by atoms with E-state index in [1.54, 1.807) is 18.2 Å². The molecule has 0 amide bonds. The lowest BCUT2D eigenvalue weighted by molar-refractivity contribution is 0.132. The first-order valence-corrected chi connectivity index (χ1v) is 8.09. The number of hydrogen-bond donors (Lipinski definition) is 1. The van der Waals surface area contributed by atoms with E-state index in [4.69, 9.17) is 13.9 Å². The van der Waals surface area contributed by atoms with E-state index in [9.17, 15) is 9.90 Å². The van der Waals surface area contributed by atoms with Gasteiger partial charge in [-0.05, 0) is 45.7 Å². The fraction of sp³-hybridized carbons (Fsp3) is 0.421. The van der Waals surface area contributed by atoms with Gasteiger partial charge in [0.05, 0.1) is 6.61 Å². The summed E-state index contributed by atoms with van der Waals surface area (Å²) in [6, 6.07) is 5.04. The van der Waals surface area contributed by atoms with Gasteiger partial charge in [0.25, 0.3) is 0 Å². The minimum Gasteiger partial charge on any atom is -0.503 e. The monoisotopic (exact) mass is 332 g/mol. The van der Waals surface area contributed by atoms with Crippen molar-refractivity contribution in [2.75, 3.05) is 6.61 Å². The molecule has 0 saturated heterocycles.